The molecule has 1 aromatic rings. The van der Waals surface area contributed by atoms with Gasteiger partial charge in [-0.2, -0.15) is 0 Å². The monoisotopic (exact) mass is 181 g/mol. The molecular weight excluding hydrogens is 166 g/mol. The van der Waals surface area contributed by atoms with Gasteiger partial charge in [-0.05, 0) is 49.2 Å². The van der Waals surface area contributed by atoms with Crippen molar-refractivity contribution in [3.63, 3.8) is 0 Å². The molecule has 1 unspecified atom stereocenters. The Morgan fingerprint density at radius 2 is 2.54 bits per heavy atom. The van der Waals surface area contributed by atoms with Crippen LogP contribution in [0.5, 0.6) is 0 Å². The van der Waals surface area contributed by atoms with E-state index in [1.807, 2.05) is 11.6 Å². The first kappa shape index (κ1) is 8.62. The summed E-state index contributed by atoms with van der Waals surface area (Å²) < 4.78 is 1.89. The average molecular weight is 181 g/mol. The first-order valence-electron chi connectivity index (χ1n) is 4.80. The van der Waals surface area contributed by atoms with Gasteiger partial charge >= 0.3 is 0 Å². The van der Waals surface area contributed by atoms with Gasteiger partial charge in [0.25, 0.3) is 0 Å². The third-order valence-electron chi connectivity index (χ3n) is 2.54. The fraction of sp³-hybridized carbons (Fsp3) is 0.875. The van der Waals surface area contributed by atoms with Gasteiger partial charge in [-0.25, -0.2) is 4.68 Å². The second-order valence-corrected chi connectivity index (χ2v) is 3.62. The summed E-state index contributed by atoms with van der Waals surface area (Å²) in [5.41, 5.74) is 0. The lowest BCUT2D eigenvalue weighted by molar-refractivity contribution is 0.320. The molecule has 1 aliphatic heterocycles. The number of aromatic nitrogens is 4. The standard InChI is InChI=1S/C8H15N5/c1-7-10-11-12-13(7)6-8-3-2-4-9-5-8/h8-9H,2-6H2,1H3. The van der Waals surface area contributed by atoms with Crippen molar-refractivity contribution in [1.29, 1.82) is 0 Å². The van der Waals surface area contributed by atoms with Crippen LogP contribution in [0.2, 0.25) is 0 Å². The number of rotatable bonds is 2. The molecule has 1 aliphatic rings. The van der Waals surface area contributed by atoms with E-state index in [0.717, 1.165) is 25.5 Å². The molecule has 2 rings (SSSR count). The van der Waals surface area contributed by atoms with E-state index < -0.39 is 0 Å². The molecule has 0 radical (unpaired) electrons. The molecule has 0 amide bonds. The van der Waals surface area contributed by atoms with Crippen LogP contribution in [0.15, 0.2) is 0 Å². The normalized spacial score (nSPS) is 23.3. The lowest BCUT2D eigenvalue weighted by Gasteiger charge is -2.22. The van der Waals surface area contributed by atoms with Crippen molar-refractivity contribution in [1.82, 2.24) is 25.5 Å². The summed E-state index contributed by atoms with van der Waals surface area (Å²) in [6.07, 6.45) is 2.55. The maximum Gasteiger partial charge on any atom is 0.148 e. The minimum atomic E-state index is 0.691. The smallest absolute Gasteiger partial charge is 0.148 e. The number of aryl methyl sites for hydroxylation is 1. The fourth-order valence-corrected chi connectivity index (χ4v) is 1.74. The van der Waals surface area contributed by atoms with Gasteiger partial charge in [0.15, 0.2) is 0 Å². The average Bonchev–Trinajstić information content (AvgIpc) is 2.54. The molecule has 5 nitrogen and oxygen atoms in total. The third-order valence-corrected chi connectivity index (χ3v) is 2.54. The van der Waals surface area contributed by atoms with E-state index in [1.54, 1.807) is 0 Å². The number of nitrogens with zero attached hydrogens (tertiary/aromatic N) is 4. The summed E-state index contributed by atoms with van der Waals surface area (Å²) in [4.78, 5) is 0. The number of hydrogen-bond acceptors (Lipinski definition) is 4. The largest absolute Gasteiger partial charge is 0.316 e. The van der Waals surface area contributed by atoms with Crippen molar-refractivity contribution >= 4 is 0 Å². The van der Waals surface area contributed by atoms with Gasteiger partial charge in [-0.15, -0.1) is 5.10 Å². The van der Waals surface area contributed by atoms with Crippen molar-refractivity contribution < 1.29 is 0 Å². The zero-order chi connectivity index (χ0) is 9.10. The molecule has 0 spiro atoms. The van der Waals surface area contributed by atoms with Crippen LogP contribution in [0.25, 0.3) is 0 Å². The Bertz CT molecular complexity index is 263. The minimum absolute atomic E-state index is 0.691. The fourth-order valence-electron chi connectivity index (χ4n) is 1.74. The molecular formula is C8H15N5. The zero-order valence-corrected chi connectivity index (χ0v) is 7.90. The van der Waals surface area contributed by atoms with Crippen LogP contribution >= 0.6 is 0 Å². The molecule has 1 atom stereocenters. The second kappa shape index (κ2) is 3.83. The van der Waals surface area contributed by atoms with Crippen molar-refractivity contribution in [2.24, 2.45) is 5.92 Å². The van der Waals surface area contributed by atoms with E-state index in [0.29, 0.717) is 5.92 Å². The third kappa shape index (κ3) is 2.03. The van der Waals surface area contributed by atoms with Crippen LogP contribution in [0, 0.1) is 12.8 Å². The highest BCUT2D eigenvalue weighted by Gasteiger charge is 2.14. The quantitative estimate of drug-likeness (QED) is 0.696. The molecule has 0 saturated carbocycles. The maximum absolute atomic E-state index is 3.94. The molecule has 1 aromatic heterocycles. The molecule has 1 N–H and O–H groups in total. The molecule has 1 saturated heterocycles. The summed E-state index contributed by atoms with van der Waals surface area (Å²) >= 11 is 0. The predicted octanol–water partition coefficient (Wildman–Crippen LogP) is -0.0189. The number of nitrogens with one attached hydrogen (secondary N) is 1. The van der Waals surface area contributed by atoms with Crippen molar-refractivity contribution in [2.75, 3.05) is 13.1 Å². The first-order chi connectivity index (χ1) is 6.36. The Morgan fingerprint density at radius 1 is 1.62 bits per heavy atom. The minimum Gasteiger partial charge on any atom is -0.316 e. The summed E-state index contributed by atoms with van der Waals surface area (Å²) in [6, 6.07) is 0. The van der Waals surface area contributed by atoms with E-state index in [4.69, 9.17) is 0 Å². The second-order valence-electron chi connectivity index (χ2n) is 3.62. The maximum atomic E-state index is 3.94. The Morgan fingerprint density at radius 3 is 3.15 bits per heavy atom. The summed E-state index contributed by atoms with van der Waals surface area (Å²) in [5.74, 6) is 1.60. The van der Waals surface area contributed by atoms with Crippen LogP contribution in [0.3, 0.4) is 0 Å². The SMILES string of the molecule is Cc1nnnn1CC1CCCNC1. The molecule has 0 aromatic carbocycles. The molecule has 72 valence electrons. The lowest BCUT2D eigenvalue weighted by atomic mass is 10.00. The van der Waals surface area contributed by atoms with Gasteiger partial charge in [0.05, 0.1) is 0 Å². The van der Waals surface area contributed by atoms with Gasteiger partial charge in [0, 0.05) is 6.54 Å². The Labute approximate surface area is 77.5 Å². The summed E-state index contributed by atoms with van der Waals surface area (Å²) in [5, 5.41) is 14.8. The van der Waals surface area contributed by atoms with Gasteiger partial charge < -0.3 is 5.32 Å². The number of piperidine rings is 1. The highest BCUT2D eigenvalue weighted by atomic mass is 15.5. The summed E-state index contributed by atoms with van der Waals surface area (Å²) in [6.45, 7) is 5.15. The van der Waals surface area contributed by atoms with Crippen LogP contribution in [0.1, 0.15) is 18.7 Å². The van der Waals surface area contributed by atoms with Gasteiger partial charge in [0.1, 0.15) is 5.82 Å². The van der Waals surface area contributed by atoms with E-state index in [2.05, 4.69) is 20.8 Å². The van der Waals surface area contributed by atoms with Crippen LogP contribution < -0.4 is 5.32 Å². The Kier molecular flexibility index (Phi) is 2.54. The highest BCUT2D eigenvalue weighted by Crippen LogP contribution is 2.11. The van der Waals surface area contributed by atoms with E-state index >= 15 is 0 Å². The number of hydrogen-bond donors (Lipinski definition) is 1. The van der Waals surface area contributed by atoms with E-state index in [1.165, 1.54) is 12.8 Å². The first-order valence-corrected chi connectivity index (χ1v) is 4.80. The van der Waals surface area contributed by atoms with Crippen LogP contribution in [-0.4, -0.2) is 33.3 Å². The molecule has 0 aliphatic carbocycles. The topological polar surface area (TPSA) is 55.6 Å². The van der Waals surface area contributed by atoms with Crippen LogP contribution in [-0.2, 0) is 6.54 Å². The van der Waals surface area contributed by atoms with E-state index in [-0.39, 0.29) is 0 Å². The lowest BCUT2D eigenvalue weighted by Crippen LogP contribution is -2.32. The van der Waals surface area contributed by atoms with Gasteiger partial charge in [-0.3, -0.25) is 0 Å². The molecule has 5 heteroatoms. The molecule has 0 bridgehead atoms. The molecule has 13 heavy (non-hydrogen) atoms. The molecule has 1 fully saturated rings. The summed E-state index contributed by atoms with van der Waals surface area (Å²) in [7, 11) is 0. The highest BCUT2D eigenvalue weighted by molar-refractivity contribution is 4.76. The Balaban J connectivity index is 1.93. The zero-order valence-electron chi connectivity index (χ0n) is 7.90. The van der Waals surface area contributed by atoms with E-state index in [9.17, 15) is 0 Å². The van der Waals surface area contributed by atoms with Crippen LogP contribution in [0.4, 0.5) is 0 Å². The molecule has 2 heterocycles. The van der Waals surface area contributed by atoms with Gasteiger partial charge in [-0.1, -0.05) is 0 Å². The van der Waals surface area contributed by atoms with Gasteiger partial charge in [0.2, 0.25) is 0 Å². The predicted molar refractivity (Wildman–Crippen MR) is 48.1 cm³/mol. The number of tetrazole rings is 1. The van der Waals surface area contributed by atoms with Crippen molar-refractivity contribution in [2.45, 2.75) is 26.3 Å². The Hall–Kier alpha value is -0.970. The van der Waals surface area contributed by atoms with Crippen molar-refractivity contribution in [3.8, 4) is 0 Å². The van der Waals surface area contributed by atoms with Crippen molar-refractivity contribution in [3.05, 3.63) is 5.82 Å².